The maximum atomic E-state index is 8.25. The number of nitrogens with zero attached hydrogens (tertiary/aromatic N) is 1. The van der Waals surface area contributed by atoms with E-state index in [1.807, 2.05) is 0 Å². The summed E-state index contributed by atoms with van der Waals surface area (Å²) in [5, 5.41) is 14.8. The van der Waals surface area contributed by atoms with Gasteiger partial charge in [0.25, 0.3) is 0 Å². The van der Waals surface area contributed by atoms with Gasteiger partial charge >= 0.3 is 52.4 Å². The molecular formula is H5Bi2NO3. The first-order valence-corrected chi connectivity index (χ1v) is 0.548. The molecule has 0 aromatic heterocycles. The first kappa shape index (κ1) is 15.8. The fraction of sp³-hybridized carbons (Fsp3) is 0. The largest absolute Gasteiger partial charge is 3.00 e. The van der Waals surface area contributed by atoms with E-state index in [1.54, 1.807) is 0 Å². The van der Waals surface area contributed by atoms with Crippen LogP contribution in [0.5, 0.6) is 0 Å². The summed E-state index contributed by atoms with van der Waals surface area (Å²) in [6.45, 7) is 0. The zero-order valence-corrected chi connectivity index (χ0v) is 9.52. The Morgan fingerprint density at radius 3 is 1.33 bits per heavy atom. The summed E-state index contributed by atoms with van der Waals surface area (Å²) < 4.78 is 0. The van der Waals surface area contributed by atoms with Gasteiger partial charge in [0.15, 0.2) is 0 Å². The van der Waals surface area contributed by atoms with E-state index < -0.39 is 5.09 Å². The summed E-state index contributed by atoms with van der Waals surface area (Å²) in [5.74, 6) is 0. The molecule has 0 saturated carbocycles. The van der Waals surface area contributed by atoms with Crippen molar-refractivity contribution in [3.8, 4) is 0 Å². The molecule has 0 fully saturated rings. The normalized spacial score (nSPS) is 4.00. The molecule has 0 bridgehead atoms. The zero-order valence-electron chi connectivity index (χ0n) is 7.57. The Balaban J connectivity index is -0.00000000214. The van der Waals surface area contributed by atoms with E-state index in [0.29, 0.717) is 0 Å². The summed E-state index contributed by atoms with van der Waals surface area (Å²) in [5.41, 5.74) is 0. The molecule has 0 aliphatic carbocycles. The van der Waals surface area contributed by atoms with Crippen LogP contribution in [0.25, 0.3) is 0 Å². The van der Waals surface area contributed by atoms with Crippen molar-refractivity contribution in [3.63, 3.8) is 0 Å². The van der Waals surface area contributed by atoms with E-state index in [4.69, 9.17) is 15.3 Å². The van der Waals surface area contributed by atoms with Crippen LogP contribution in [-0.2, 0) is 0 Å². The van der Waals surface area contributed by atoms with E-state index in [9.17, 15) is 0 Å². The molecule has 0 aromatic rings. The molecule has 0 aliphatic heterocycles. The van der Waals surface area contributed by atoms with E-state index in [2.05, 4.69) is 0 Å². The summed E-state index contributed by atoms with van der Waals surface area (Å²) in [6, 6.07) is 0. The van der Waals surface area contributed by atoms with Crippen LogP contribution in [0.1, 0.15) is 7.13 Å². The van der Waals surface area contributed by atoms with Crippen molar-refractivity contribution in [2.45, 2.75) is 0 Å². The smallest absolute Gasteiger partial charge is 1.00 e. The minimum Gasteiger partial charge on any atom is -1.00 e. The van der Waals surface area contributed by atoms with Crippen molar-refractivity contribution in [1.82, 2.24) is 0 Å². The van der Waals surface area contributed by atoms with Gasteiger partial charge in [-0.15, -0.1) is 0 Å². The molecule has 0 spiro atoms. The summed E-state index contributed by atoms with van der Waals surface area (Å²) in [6.07, 6.45) is 0. The molecule has 0 aromatic carbocycles. The van der Waals surface area contributed by atoms with Gasteiger partial charge in [0.2, 0.25) is 0 Å². The SMILES string of the molecule is O=[N+]([O-])[O-].[Bi+3].[Bi+3].[H-].[H-].[H-].[H-].[H-]. The van der Waals surface area contributed by atoms with Crippen molar-refractivity contribution in [3.05, 3.63) is 15.3 Å². The van der Waals surface area contributed by atoms with Gasteiger partial charge in [0, 0.05) is 0 Å². The second kappa shape index (κ2) is 9.35. The molecule has 0 amide bonds. The van der Waals surface area contributed by atoms with Gasteiger partial charge in [0.05, 0.1) is 5.09 Å². The van der Waals surface area contributed by atoms with Crippen molar-refractivity contribution in [2.75, 3.05) is 0 Å². The predicted molar refractivity (Wildman–Crippen MR) is 27.4 cm³/mol. The topological polar surface area (TPSA) is 66.2 Å². The Bertz CT molecular complexity index is 42.7. The van der Waals surface area contributed by atoms with Gasteiger partial charge in [-0.3, -0.25) is 0 Å². The average molecular weight is 485 g/mol. The molecule has 4 nitrogen and oxygen atoms in total. The fourth-order valence-electron chi connectivity index (χ4n) is 0. The summed E-state index contributed by atoms with van der Waals surface area (Å²) in [4.78, 5) is 8.25. The first-order valence-electron chi connectivity index (χ1n) is 0.548. The summed E-state index contributed by atoms with van der Waals surface area (Å²) >= 11 is 0. The molecule has 0 saturated heterocycles. The van der Waals surface area contributed by atoms with Gasteiger partial charge in [-0.25, -0.2) is 0 Å². The van der Waals surface area contributed by atoms with E-state index in [-0.39, 0.29) is 59.5 Å². The van der Waals surface area contributed by atoms with Crippen LogP contribution in [0.4, 0.5) is 0 Å². The number of hydrogen-bond donors (Lipinski definition) is 0. The minimum absolute atomic E-state index is 0. The second-order valence-electron chi connectivity index (χ2n) is 0.224. The van der Waals surface area contributed by atoms with Gasteiger partial charge in [0.1, 0.15) is 0 Å². The van der Waals surface area contributed by atoms with Crippen LogP contribution in [-0.4, -0.2) is 57.5 Å². The van der Waals surface area contributed by atoms with Crippen molar-refractivity contribution in [2.24, 2.45) is 0 Å². The third-order valence-corrected chi connectivity index (χ3v) is 0. The van der Waals surface area contributed by atoms with Crippen molar-refractivity contribution < 1.29 is 12.2 Å². The molecule has 0 unspecified atom stereocenters. The number of hydrogen-bond acceptors (Lipinski definition) is 3. The Kier molecular flexibility index (Phi) is 24.6. The molecule has 0 aliphatic rings. The second-order valence-corrected chi connectivity index (χ2v) is 0.224. The Morgan fingerprint density at radius 1 is 1.33 bits per heavy atom. The maximum Gasteiger partial charge on any atom is 3.00 e. The van der Waals surface area contributed by atoms with Crippen LogP contribution in [0.15, 0.2) is 0 Å². The Hall–Kier alpha value is 0.966. The molecule has 0 heterocycles. The van der Waals surface area contributed by atoms with Gasteiger partial charge in [-0.05, 0) is 0 Å². The maximum absolute atomic E-state index is 8.25. The van der Waals surface area contributed by atoms with Crippen LogP contribution in [0, 0.1) is 15.3 Å². The third-order valence-electron chi connectivity index (χ3n) is 0. The van der Waals surface area contributed by atoms with Crippen molar-refractivity contribution >= 4 is 52.4 Å². The van der Waals surface area contributed by atoms with Crippen LogP contribution >= 0.6 is 0 Å². The minimum atomic E-state index is -1.75. The van der Waals surface area contributed by atoms with Gasteiger partial charge in [-0.2, -0.15) is 0 Å². The molecule has 4 radical (unpaired) electrons. The van der Waals surface area contributed by atoms with Crippen LogP contribution < -0.4 is 0 Å². The fourth-order valence-corrected chi connectivity index (χ4v) is 0. The van der Waals surface area contributed by atoms with Crippen molar-refractivity contribution in [1.29, 1.82) is 0 Å². The first-order chi connectivity index (χ1) is 1.73. The molecule has 0 atom stereocenters. The molecule has 0 rings (SSSR count). The standard InChI is InChI=1S/2Bi.NO3.5H/c;;2-1(3)4;;;;;/q2*+3;6*-1. The third kappa shape index (κ3) is 83.7. The molecular weight excluding hydrogens is 480 g/mol. The number of rotatable bonds is 0. The van der Waals surface area contributed by atoms with E-state index in [0.717, 1.165) is 0 Å². The van der Waals surface area contributed by atoms with Gasteiger partial charge < -0.3 is 22.5 Å². The predicted octanol–water partition coefficient (Wildman–Crippen LogP) is -0.438. The van der Waals surface area contributed by atoms with Crippen LogP contribution in [0.2, 0.25) is 0 Å². The quantitative estimate of drug-likeness (QED) is 0.266. The molecule has 6 heteroatoms. The molecule has 0 N–H and O–H groups in total. The summed E-state index contributed by atoms with van der Waals surface area (Å²) in [7, 11) is 0. The molecule has 6 heavy (non-hydrogen) atoms. The Morgan fingerprint density at radius 2 is 1.33 bits per heavy atom. The average Bonchev–Trinajstić information content (AvgIpc) is 0.811. The monoisotopic (exact) mass is 485 g/mol. The van der Waals surface area contributed by atoms with E-state index >= 15 is 0 Å². The molecule has 38 valence electrons. The van der Waals surface area contributed by atoms with E-state index in [1.165, 1.54) is 0 Å². The van der Waals surface area contributed by atoms with Gasteiger partial charge in [-0.1, -0.05) is 0 Å². The Labute approximate surface area is 79.7 Å². The zero-order chi connectivity index (χ0) is 3.58. The van der Waals surface area contributed by atoms with Crippen LogP contribution in [0.3, 0.4) is 0 Å².